The van der Waals surface area contributed by atoms with E-state index in [9.17, 15) is 0 Å². The molecule has 12 heteroatoms. The molecule has 0 unspecified atom stereocenters. The number of pyridine rings is 4. The average Bonchev–Trinajstić information content (AvgIpc) is 3.18. The fraction of sp³-hybridized carbons (Fsp3) is 0.360. The molecular weight excluding hydrogens is 1250 g/mol. The van der Waals surface area contributed by atoms with Crippen LogP contribution >= 0.6 is 44.1 Å². The van der Waals surface area contributed by atoms with Crippen LogP contribution in [0.3, 0.4) is 0 Å². The summed E-state index contributed by atoms with van der Waals surface area (Å²) in [6, 6.07) is 28.6. The largest absolute Gasteiger partial charge is 2.00 e. The van der Waals surface area contributed by atoms with Gasteiger partial charge in [0.2, 0.25) is 0 Å². The molecule has 340 valence electrons. The molecule has 0 radical (unpaired) electrons. The van der Waals surface area contributed by atoms with E-state index in [1.165, 1.54) is 33.4 Å². The van der Waals surface area contributed by atoms with Crippen LogP contribution in [0.15, 0.2) is 129 Å². The van der Waals surface area contributed by atoms with Crippen molar-refractivity contribution in [3.05, 3.63) is 143 Å². The van der Waals surface area contributed by atoms with Crippen molar-refractivity contribution in [2.45, 2.75) is 138 Å². The van der Waals surface area contributed by atoms with Gasteiger partial charge < -0.3 is 25.3 Å². The van der Waals surface area contributed by atoms with E-state index >= 15 is 0 Å². The number of benzene rings is 2. The summed E-state index contributed by atoms with van der Waals surface area (Å²) in [6.45, 7) is 30.6. The number of aromatic nitrogens is 4. The molecule has 0 spiro atoms. The summed E-state index contributed by atoms with van der Waals surface area (Å²) >= 11 is 17.7. The molecule has 4 nitrogen and oxygen atoms in total. The van der Waals surface area contributed by atoms with E-state index < -0.39 is 16.5 Å². The first-order chi connectivity index (χ1) is 28.2. The van der Waals surface area contributed by atoms with Gasteiger partial charge in [-0.3, -0.25) is 19.9 Å². The number of aryl methyl sites for hydroxylation is 2. The first-order valence-electron chi connectivity index (χ1n) is 19.8. The van der Waals surface area contributed by atoms with Crippen molar-refractivity contribution in [1.82, 2.24) is 19.9 Å². The van der Waals surface area contributed by atoms with E-state index in [1.807, 2.05) is 75.0 Å². The molecule has 0 amide bonds. The van der Waals surface area contributed by atoms with Crippen molar-refractivity contribution in [3.63, 3.8) is 0 Å². The SMILES string of the molecule is CC(C)(C)c1ccnc(-c2cc(C(C)(C)C)ccn2)c1.CC(C)(C)c1ccnc(-c2cc(C(C)(C)C)ccn2)c1.Cc1ccc(S)c(S)c1.Cc1ccc([S-])c([S-])c1.[Cl][Pt][Cl].[Pt+2]. The van der Waals surface area contributed by atoms with Crippen LogP contribution in [0.2, 0.25) is 0 Å². The molecule has 0 aliphatic rings. The van der Waals surface area contributed by atoms with Crippen LogP contribution in [0.25, 0.3) is 22.8 Å². The molecule has 0 N–H and O–H groups in total. The molecular formula is C50H62Cl2N4Pt2S4. The molecule has 62 heavy (non-hydrogen) atoms. The summed E-state index contributed by atoms with van der Waals surface area (Å²) in [7, 11) is 9.75. The number of hydrogen-bond acceptors (Lipinski definition) is 8. The summed E-state index contributed by atoms with van der Waals surface area (Å²) in [5.41, 5.74) is 11.8. The van der Waals surface area contributed by atoms with E-state index in [2.05, 4.69) is 177 Å². The maximum absolute atomic E-state index is 4.94. The second kappa shape index (κ2) is 26.3. The molecule has 0 saturated carbocycles. The number of rotatable bonds is 2. The van der Waals surface area contributed by atoms with Crippen molar-refractivity contribution in [2.75, 3.05) is 0 Å². The predicted molar refractivity (Wildman–Crippen MR) is 270 cm³/mol. The monoisotopic (exact) mass is 1310 g/mol. The van der Waals surface area contributed by atoms with Crippen LogP contribution in [0.4, 0.5) is 0 Å². The van der Waals surface area contributed by atoms with Gasteiger partial charge in [-0.2, -0.15) is 9.79 Å². The predicted octanol–water partition coefficient (Wildman–Crippen LogP) is 15.2. The first kappa shape index (κ1) is 58.2. The Morgan fingerprint density at radius 1 is 0.419 bits per heavy atom. The number of hydrogen-bond donors (Lipinski definition) is 2. The van der Waals surface area contributed by atoms with Gasteiger partial charge in [0.25, 0.3) is 0 Å². The maximum Gasteiger partial charge on any atom is 2.00 e. The topological polar surface area (TPSA) is 51.6 Å². The van der Waals surface area contributed by atoms with Crippen LogP contribution in [0.5, 0.6) is 0 Å². The van der Waals surface area contributed by atoms with Gasteiger partial charge >= 0.3 is 56.4 Å². The Bertz CT molecular complexity index is 2030. The molecule has 6 aromatic rings. The van der Waals surface area contributed by atoms with E-state index in [0.29, 0.717) is 0 Å². The minimum atomic E-state index is -0.472. The quantitative estimate of drug-likeness (QED) is 0.133. The van der Waals surface area contributed by atoms with Gasteiger partial charge in [-0.15, -0.1) is 25.3 Å². The zero-order valence-corrected chi connectivity index (χ0v) is 47.8. The van der Waals surface area contributed by atoms with Gasteiger partial charge in [-0.1, -0.05) is 113 Å². The second-order valence-electron chi connectivity index (χ2n) is 18.7. The average molecular weight is 1310 g/mol. The first-order valence-corrected chi connectivity index (χ1v) is 27.1. The van der Waals surface area contributed by atoms with Gasteiger partial charge in [0.1, 0.15) is 0 Å². The van der Waals surface area contributed by atoms with Gasteiger partial charge in [0, 0.05) is 34.6 Å². The Balaban J connectivity index is 0.000000426. The van der Waals surface area contributed by atoms with Crippen molar-refractivity contribution in [3.8, 4) is 22.8 Å². The van der Waals surface area contributed by atoms with Crippen molar-refractivity contribution in [2.24, 2.45) is 0 Å². The maximum atomic E-state index is 4.94. The van der Waals surface area contributed by atoms with E-state index in [1.54, 1.807) is 0 Å². The van der Waals surface area contributed by atoms with Gasteiger partial charge in [-0.25, -0.2) is 0 Å². The van der Waals surface area contributed by atoms with Crippen LogP contribution in [-0.2, 0) is 84.5 Å². The van der Waals surface area contributed by atoms with Crippen molar-refractivity contribution < 1.29 is 37.5 Å². The molecule has 2 aromatic carbocycles. The Kier molecular flexibility index (Phi) is 24.7. The zero-order valence-electron chi connectivity index (χ0n) is 38.3. The minimum absolute atomic E-state index is 0. The van der Waals surface area contributed by atoms with E-state index in [0.717, 1.165) is 42.4 Å². The van der Waals surface area contributed by atoms with E-state index in [4.69, 9.17) is 44.1 Å². The Hall–Kier alpha value is -1.86. The van der Waals surface area contributed by atoms with Gasteiger partial charge in [0.05, 0.1) is 22.8 Å². The van der Waals surface area contributed by atoms with Crippen LogP contribution in [0.1, 0.15) is 116 Å². The third kappa shape index (κ3) is 20.5. The summed E-state index contributed by atoms with van der Waals surface area (Å²) in [4.78, 5) is 21.4. The smallest absolute Gasteiger partial charge is 2.00 e. The summed E-state index contributed by atoms with van der Waals surface area (Å²) in [5, 5.41) is 0. The fourth-order valence-electron chi connectivity index (χ4n) is 5.40. The number of halogens is 2. The molecule has 0 fully saturated rings. The Morgan fingerprint density at radius 3 is 0.919 bits per heavy atom. The van der Waals surface area contributed by atoms with E-state index in [-0.39, 0.29) is 42.7 Å². The third-order valence-corrected chi connectivity index (χ3v) is 11.0. The molecule has 0 saturated heterocycles. The fourth-order valence-corrected chi connectivity index (χ4v) is 6.20. The summed E-state index contributed by atoms with van der Waals surface area (Å²) in [5.74, 6) is 0. The molecule has 4 heterocycles. The zero-order chi connectivity index (χ0) is 46.3. The van der Waals surface area contributed by atoms with Gasteiger partial charge in [0.15, 0.2) is 0 Å². The normalized spacial score (nSPS) is 11.2. The van der Waals surface area contributed by atoms with Crippen molar-refractivity contribution >= 4 is 69.4 Å². The molecule has 6 rings (SSSR count). The molecule has 4 aromatic heterocycles. The molecule has 0 atom stereocenters. The van der Waals surface area contributed by atoms with Crippen LogP contribution < -0.4 is 0 Å². The Labute approximate surface area is 426 Å². The minimum Gasteiger partial charge on any atom is 2.00 e. The second-order valence-corrected chi connectivity index (χ2v) is 23.8. The van der Waals surface area contributed by atoms with Crippen molar-refractivity contribution in [1.29, 1.82) is 0 Å². The number of thiol groups is 2. The Morgan fingerprint density at radius 2 is 0.694 bits per heavy atom. The summed E-state index contributed by atoms with van der Waals surface area (Å²) in [6.07, 6.45) is 7.51. The standard InChI is InChI=1S/2C18H24N2.2C7H8S2.2ClH.2Pt/c2*1-17(2,3)13-7-9-19-15(11-13)16-12-14(8-10-20-16)18(4,5)6;2*1-5-2-3-6(8)7(9)4-5;;;;/h2*7-12H,1-6H3;2*2-4,8-9H,1H3;2*1H;;/q;;;;;;2*+2/p-4. The summed E-state index contributed by atoms with van der Waals surface area (Å²) < 4.78 is 0. The molecule has 0 bridgehead atoms. The number of nitrogens with zero attached hydrogens (tertiary/aromatic N) is 4. The molecule has 0 aliphatic carbocycles. The third-order valence-electron chi connectivity index (χ3n) is 9.26. The van der Waals surface area contributed by atoms with Crippen LogP contribution in [0, 0.1) is 13.8 Å². The molecule has 0 aliphatic heterocycles. The van der Waals surface area contributed by atoms with Crippen LogP contribution in [-0.4, -0.2) is 19.9 Å². The van der Waals surface area contributed by atoms with Gasteiger partial charge in [-0.05, 0) is 124 Å².